The summed E-state index contributed by atoms with van der Waals surface area (Å²) < 4.78 is 0. The number of ketones is 1. The van der Waals surface area contributed by atoms with Crippen molar-refractivity contribution in [1.29, 1.82) is 5.41 Å². The van der Waals surface area contributed by atoms with Crippen LogP contribution in [0, 0.1) is 26.2 Å². The fourth-order valence-corrected chi connectivity index (χ4v) is 3.04. The molecule has 4 nitrogen and oxygen atoms in total. The van der Waals surface area contributed by atoms with Crippen LogP contribution in [0.15, 0.2) is 23.8 Å². The molecule has 0 aliphatic carbocycles. The normalized spacial score (nSPS) is 16.2. The van der Waals surface area contributed by atoms with E-state index < -0.39 is 0 Å². The minimum absolute atomic E-state index is 0.0175. The second-order valence-corrected chi connectivity index (χ2v) is 6.13. The molecule has 2 N–H and O–H groups in total. The van der Waals surface area contributed by atoms with Gasteiger partial charge in [-0.2, -0.15) is 0 Å². The molecule has 0 saturated carbocycles. The van der Waals surface area contributed by atoms with Gasteiger partial charge in [0.05, 0.1) is 0 Å². The number of nitrogens with zero attached hydrogens (tertiary/aromatic N) is 1. The highest BCUT2D eigenvalue weighted by atomic mass is 16.1. The Balaban J connectivity index is 0.000000816. The van der Waals surface area contributed by atoms with E-state index in [1.54, 1.807) is 13.0 Å². The molecule has 0 spiro atoms. The number of hydrogen-bond donors (Lipinski definition) is 2. The van der Waals surface area contributed by atoms with Crippen LogP contribution in [0.1, 0.15) is 36.5 Å². The summed E-state index contributed by atoms with van der Waals surface area (Å²) in [6.07, 6.45) is 3.40. The molecule has 1 fully saturated rings. The van der Waals surface area contributed by atoms with E-state index in [9.17, 15) is 4.79 Å². The Bertz CT molecular complexity index is 594. The minimum Gasteiger partial charge on any atom is -0.326 e. The monoisotopic (exact) mass is 315 g/mol. The van der Waals surface area contributed by atoms with Gasteiger partial charge in [-0.05, 0) is 77.4 Å². The summed E-state index contributed by atoms with van der Waals surface area (Å²) in [5.74, 6) is 0.491. The van der Waals surface area contributed by atoms with E-state index in [1.165, 1.54) is 16.7 Å². The standard InChI is InChI=1S/C17H22N2O.C2H7N/c1-11-8-12(2)16(13(3)9-11)19-7-5-6-15(17(19)18)10-14(4)20;1-3-2/h8-10,18H,5-7H2,1-4H3;3H,1-2H3/b15-10+,18-17?;. The number of carbonyl (C=O) groups excluding carboxylic acids is 1. The van der Waals surface area contributed by atoms with E-state index in [4.69, 9.17) is 5.41 Å². The van der Waals surface area contributed by atoms with Gasteiger partial charge in [-0.15, -0.1) is 0 Å². The van der Waals surface area contributed by atoms with Crippen molar-refractivity contribution in [2.75, 3.05) is 25.5 Å². The van der Waals surface area contributed by atoms with Crippen molar-refractivity contribution in [3.8, 4) is 0 Å². The van der Waals surface area contributed by atoms with Crippen LogP contribution in [-0.2, 0) is 4.79 Å². The first-order chi connectivity index (χ1) is 10.8. The van der Waals surface area contributed by atoms with Gasteiger partial charge in [0, 0.05) is 12.2 Å². The predicted molar refractivity (Wildman–Crippen MR) is 98.7 cm³/mol. The van der Waals surface area contributed by atoms with Gasteiger partial charge < -0.3 is 10.2 Å². The molecule has 0 radical (unpaired) electrons. The first kappa shape index (κ1) is 19.1. The maximum atomic E-state index is 11.3. The Morgan fingerprint density at radius 2 is 1.74 bits per heavy atom. The van der Waals surface area contributed by atoms with Crippen molar-refractivity contribution < 1.29 is 4.79 Å². The number of aryl methyl sites for hydroxylation is 3. The predicted octanol–water partition coefficient (Wildman–Crippen LogP) is 3.54. The number of carbonyl (C=O) groups is 1. The quantitative estimate of drug-likeness (QED) is 0.821. The number of allylic oxidation sites excluding steroid dienone is 1. The van der Waals surface area contributed by atoms with Gasteiger partial charge in [0.15, 0.2) is 5.78 Å². The lowest BCUT2D eigenvalue weighted by atomic mass is 9.97. The molecule has 1 aromatic carbocycles. The van der Waals surface area contributed by atoms with Crippen LogP contribution in [0.5, 0.6) is 0 Å². The molecule has 2 rings (SSSR count). The first-order valence-electron chi connectivity index (χ1n) is 8.05. The van der Waals surface area contributed by atoms with Crippen LogP contribution in [0.4, 0.5) is 5.69 Å². The second kappa shape index (κ2) is 8.63. The van der Waals surface area contributed by atoms with Crippen LogP contribution in [-0.4, -0.2) is 32.3 Å². The maximum Gasteiger partial charge on any atom is 0.153 e. The van der Waals surface area contributed by atoms with Crippen molar-refractivity contribution in [2.45, 2.75) is 40.5 Å². The van der Waals surface area contributed by atoms with Crippen LogP contribution >= 0.6 is 0 Å². The van der Waals surface area contributed by atoms with Gasteiger partial charge in [-0.3, -0.25) is 10.2 Å². The number of nitrogens with one attached hydrogen (secondary N) is 2. The van der Waals surface area contributed by atoms with Crippen LogP contribution in [0.2, 0.25) is 0 Å². The number of rotatable bonds is 2. The fourth-order valence-electron chi connectivity index (χ4n) is 3.04. The summed E-state index contributed by atoms with van der Waals surface area (Å²) in [6.45, 7) is 8.66. The molecule has 126 valence electrons. The highest BCUT2D eigenvalue weighted by molar-refractivity contribution is 6.12. The van der Waals surface area contributed by atoms with E-state index in [0.717, 1.165) is 30.6 Å². The Kier molecular flexibility index (Phi) is 7.17. The largest absolute Gasteiger partial charge is 0.326 e. The lowest BCUT2D eigenvalue weighted by Crippen LogP contribution is -2.37. The van der Waals surface area contributed by atoms with Crippen molar-refractivity contribution in [3.63, 3.8) is 0 Å². The van der Waals surface area contributed by atoms with E-state index in [2.05, 4.69) is 38.2 Å². The summed E-state index contributed by atoms with van der Waals surface area (Å²) in [5, 5.41) is 11.1. The molecule has 1 heterocycles. The molecular weight excluding hydrogens is 286 g/mol. The highest BCUT2D eigenvalue weighted by Crippen LogP contribution is 2.31. The number of anilines is 1. The van der Waals surface area contributed by atoms with Gasteiger partial charge in [-0.1, -0.05) is 17.7 Å². The van der Waals surface area contributed by atoms with Crippen LogP contribution in [0.3, 0.4) is 0 Å². The smallest absolute Gasteiger partial charge is 0.153 e. The van der Waals surface area contributed by atoms with Crippen molar-refractivity contribution in [1.82, 2.24) is 5.32 Å². The number of piperidine rings is 1. The number of amidine groups is 1. The van der Waals surface area contributed by atoms with Crippen molar-refractivity contribution in [2.24, 2.45) is 0 Å². The maximum absolute atomic E-state index is 11.3. The average Bonchev–Trinajstić information content (AvgIpc) is 2.42. The van der Waals surface area contributed by atoms with Gasteiger partial charge in [0.2, 0.25) is 0 Å². The summed E-state index contributed by atoms with van der Waals surface area (Å²) >= 11 is 0. The number of benzene rings is 1. The topological polar surface area (TPSA) is 56.2 Å². The van der Waals surface area contributed by atoms with Gasteiger partial charge in [-0.25, -0.2) is 0 Å². The molecule has 4 heteroatoms. The molecule has 1 saturated heterocycles. The first-order valence-corrected chi connectivity index (χ1v) is 8.05. The second-order valence-electron chi connectivity index (χ2n) is 6.13. The van der Waals surface area contributed by atoms with Crippen molar-refractivity contribution in [3.05, 3.63) is 40.5 Å². The zero-order valence-electron chi connectivity index (χ0n) is 15.2. The average molecular weight is 315 g/mol. The highest BCUT2D eigenvalue weighted by Gasteiger charge is 2.23. The lowest BCUT2D eigenvalue weighted by Gasteiger charge is -2.33. The molecule has 0 atom stereocenters. The Hall–Kier alpha value is -1.94. The minimum atomic E-state index is 0.0175. The zero-order valence-corrected chi connectivity index (χ0v) is 15.2. The van der Waals surface area contributed by atoms with E-state index >= 15 is 0 Å². The van der Waals surface area contributed by atoms with Gasteiger partial charge >= 0.3 is 0 Å². The summed E-state index contributed by atoms with van der Waals surface area (Å²) in [5.41, 5.74) is 5.59. The van der Waals surface area contributed by atoms with Gasteiger partial charge in [0.1, 0.15) is 5.84 Å². The summed E-state index contributed by atoms with van der Waals surface area (Å²) in [4.78, 5) is 13.3. The molecular formula is C19H29N3O. The Morgan fingerprint density at radius 1 is 1.22 bits per heavy atom. The van der Waals surface area contributed by atoms with Crippen molar-refractivity contribution >= 4 is 17.3 Å². The molecule has 23 heavy (non-hydrogen) atoms. The lowest BCUT2D eigenvalue weighted by molar-refractivity contribution is -0.112. The molecule has 0 unspecified atom stereocenters. The summed E-state index contributed by atoms with van der Waals surface area (Å²) in [6, 6.07) is 4.30. The van der Waals surface area contributed by atoms with Gasteiger partial charge in [0.25, 0.3) is 0 Å². The van der Waals surface area contributed by atoms with Crippen LogP contribution in [0.25, 0.3) is 0 Å². The third-order valence-corrected chi connectivity index (χ3v) is 3.68. The third-order valence-electron chi connectivity index (χ3n) is 3.68. The molecule has 1 aromatic rings. The molecule has 1 aliphatic rings. The molecule has 0 aromatic heterocycles. The molecule has 1 aliphatic heterocycles. The zero-order chi connectivity index (χ0) is 17.6. The SMILES string of the molecule is CC(=O)/C=C1\CCCN(c2c(C)cc(C)cc2C)C1=N.CNC. The summed E-state index contributed by atoms with van der Waals surface area (Å²) in [7, 11) is 3.75. The fraction of sp³-hybridized carbons (Fsp3) is 0.474. The van der Waals surface area contributed by atoms with E-state index in [1.807, 2.05) is 19.0 Å². The number of hydrogen-bond acceptors (Lipinski definition) is 3. The van der Waals surface area contributed by atoms with Crippen LogP contribution < -0.4 is 10.2 Å². The molecule has 0 amide bonds. The third kappa shape index (κ3) is 5.03. The van der Waals surface area contributed by atoms with E-state index in [-0.39, 0.29) is 5.78 Å². The Morgan fingerprint density at radius 3 is 2.22 bits per heavy atom. The Labute approximate surface area is 140 Å². The van der Waals surface area contributed by atoms with E-state index in [0.29, 0.717) is 5.84 Å². The molecule has 0 bridgehead atoms.